The fraction of sp³-hybridized carbons (Fsp3) is 0.400. The van der Waals surface area contributed by atoms with Crippen LogP contribution in [0.2, 0.25) is 0 Å². The lowest BCUT2D eigenvalue weighted by Gasteiger charge is -2.26. The molecule has 158 valence electrons. The predicted octanol–water partition coefficient (Wildman–Crippen LogP) is 1.36. The van der Waals surface area contributed by atoms with E-state index in [1.54, 1.807) is 19.3 Å². The molecular weight excluding hydrogens is 376 g/mol. The fourth-order valence-electron chi connectivity index (χ4n) is 2.77. The zero-order chi connectivity index (χ0) is 21.4. The molecular formula is C20H28N4O5. The maximum absolute atomic E-state index is 10.4. The summed E-state index contributed by atoms with van der Waals surface area (Å²) in [7, 11) is 3.03. The number of aliphatic hydroxyl groups is 3. The molecule has 0 aliphatic heterocycles. The molecule has 0 amide bonds. The smallest absolute Gasteiger partial charge is 0.227 e. The van der Waals surface area contributed by atoms with Crippen molar-refractivity contribution in [2.75, 3.05) is 31.9 Å². The molecule has 3 atom stereocenters. The molecule has 1 aromatic heterocycles. The highest BCUT2D eigenvalue weighted by molar-refractivity contribution is 5.78. The van der Waals surface area contributed by atoms with E-state index in [0.29, 0.717) is 17.7 Å². The van der Waals surface area contributed by atoms with Gasteiger partial charge in [0, 0.05) is 12.5 Å². The lowest BCUT2D eigenvalue weighted by atomic mass is 9.99. The molecule has 1 aromatic carbocycles. The van der Waals surface area contributed by atoms with Crippen molar-refractivity contribution in [3.63, 3.8) is 0 Å². The first-order chi connectivity index (χ1) is 13.9. The van der Waals surface area contributed by atoms with Crippen LogP contribution in [0.15, 0.2) is 24.3 Å². The summed E-state index contributed by atoms with van der Waals surface area (Å²) in [6, 6.07) is 7.43. The van der Waals surface area contributed by atoms with Gasteiger partial charge in [-0.05, 0) is 30.2 Å². The molecule has 2 aromatic rings. The van der Waals surface area contributed by atoms with Crippen LogP contribution < -0.4 is 20.5 Å². The number of nitrogens with zero attached hydrogens (tertiary/aromatic N) is 2. The maximum atomic E-state index is 10.4. The van der Waals surface area contributed by atoms with Crippen molar-refractivity contribution in [1.82, 2.24) is 9.97 Å². The average molecular weight is 404 g/mol. The predicted molar refractivity (Wildman–Crippen MR) is 111 cm³/mol. The van der Waals surface area contributed by atoms with E-state index in [1.165, 1.54) is 7.11 Å². The zero-order valence-electron chi connectivity index (χ0n) is 16.7. The summed E-state index contributed by atoms with van der Waals surface area (Å²) in [5.41, 5.74) is 7.05. The summed E-state index contributed by atoms with van der Waals surface area (Å²) < 4.78 is 10.5. The zero-order valence-corrected chi connectivity index (χ0v) is 16.7. The van der Waals surface area contributed by atoms with Gasteiger partial charge in [-0.15, -0.1) is 0 Å². The second-order valence-electron chi connectivity index (χ2n) is 6.39. The minimum absolute atomic E-state index is 0.0567. The van der Waals surface area contributed by atoms with Gasteiger partial charge in [0.15, 0.2) is 6.23 Å². The fourth-order valence-corrected chi connectivity index (χ4v) is 2.77. The number of benzene rings is 1. The minimum atomic E-state index is -1.38. The Labute approximate surface area is 169 Å². The van der Waals surface area contributed by atoms with E-state index in [0.717, 1.165) is 5.56 Å². The summed E-state index contributed by atoms with van der Waals surface area (Å²) >= 11 is 0. The average Bonchev–Trinajstić information content (AvgIpc) is 2.73. The van der Waals surface area contributed by atoms with Crippen molar-refractivity contribution in [2.24, 2.45) is 5.92 Å². The first-order valence-corrected chi connectivity index (χ1v) is 9.20. The Kier molecular flexibility index (Phi) is 8.20. The van der Waals surface area contributed by atoms with Gasteiger partial charge < -0.3 is 35.8 Å². The van der Waals surface area contributed by atoms with E-state index >= 15 is 0 Å². The van der Waals surface area contributed by atoms with Crippen LogP contribution in [0.3, 0.4) is 0 Å². The lowest BCUT2D eigenvalue weighted by molar-refractivity contribution is -0.0204. The largest absolute Gasteiger partial charge is 0.497 e. The number of methoxy groups -OCH3 is 2. The van der Waals surface area contributed by atoms with Crippen molar-refractivity contribution in [3.8, 4) is 11.6 Å². The molecule has 0 aliphatic carbocycles. The summed E-state index contributed by atoms with van der Waals surface area (Å²) in [5.74, 6) is 0.551. The van der Waals surface area contributed by atoms with Crippen molar-refractivity contribution in [3.05, 3.63) is 35.4 Å². The number of anilines is 2. The normalized spacial score (nSPS) is 14.4. The van der Waals surface area contributed by atoms with Gasteiger partial charge in [0.2, 0.25) is 11.8 Å². The lowest BCUT2D eigenvalue weighted by Crippen LogP contribution is -2.40. The van der Waals surface area contributed by atoms with E-state index in [-0.39, 0.29) is 24.3 Å². The molecule has 2 rings (SSSR count). The molecule has 0 unspecified atom stereocenters. The maximum Gasteiger partial charge on any atom is 0.227 e. The first-order valence-electron chi connectivity index (χ1n) is 9.20. The number of aromatic nitrogens is 2. The van der Waals surface area contributed by atoms with Crippen LogP contribution in [-0.2, 0) is 0 Å². The molecule has 0 bridgehead atoms. The van der Waals surface area contributed by atoms with E-state index in [1.807, 2.05) is 31.2 Å². The molecule has 0 radical (unpaired) electrons. The number of ether oxygens (including phenoxy) is 2. The van der Waals surface area contributed by atoms with Gasteiger partial charge in [0.25, 0.3) is 0 Å². The van der Waals surface area contributed by atoms with Crippen LogP contribution in [0.5, 0.6) is 11.6 Å². The molecule has 9 nitrogen and oxygen atoms in total. The van der Waals surface area contributed by atoms with Crippen molar-refractivity contribution in [1.29, 1.82) is 0 Å². The highest BCUT2D eigenvalue weighted by Gasteiger charge is 2.26. The van der Waals surface area contributed by atoms with Gasteiger partial charge in [-0.25, -0.2) is 0 Å². The van der Waals surface area contributed by atoms with Gasteiger partial charge in [0.05, 0.1) is 19.8 Å². The standard InChI is InChI=1S/C20H28N4O5/c1-4-13(11-25)16(26)18(27)22-17-15(19(29-3)24-20(21)23-17)9-8-12-6-5-7-14(10-12)28-2/h5-10,13,16,18,25-27H,4,11H2,1-3H3,(H3,21,22,23,24)/b9-8+/t13-,16-,18-/m1/s1. The number of rotatable bonds is 10. The van der Waals surface area contributed by atoms with Crippen LogP contribution in [0.4, 0.5) is 11.8 Å². The summed E-state index contributed by atoms with van der Waals surface area (Å²) in [6.45, 7) is 1.55. The van der Waals surface area contributed by atoms with Crippen LogP contribution in [0.25, 0.3) is 12.2 Å². The monoisotopic (exact) mass is 404 g/mol. The number of nitrogens with two attached hydrogens (primary N) is 1. The Hall–Kier alpha value is -2.88. The molecule has 0 saturated heterocycles. The quantitative estimate of drug-likeness (QED) is 0.371. The first kappa shape index (κ1) is 22.4. The molecule has 6 N–H and O–H groups in total. The number of aliphatic hydroxyl groups excluding tert-OH is 3. The number of nitrogen functional groups attached to an aromatic ring is 1. The number of nitrogens with one attached hydrogen (secondary N) is 1. The van der Waals surface area contributed by atoms with E-state index < -0.39 is 18.2 Å². The Morgan fingerprint density at radius 1 is 1.17 bits per heavy atom. The van der Waals surface area contributed by atoms with E-state index in [4.69, 9.17) is 15.2 Å². The van der Waals surface area contributed by atoms with Crippen molar-refractivity contribution in [2.45, 2.75) is 25.7 Å². The van der Waals surface area contributed by atoms with E-state index in [9.17, 15) is 15.3 Å². The van der Waals surface area contributed by atoms with Crippen LogP contribution in [0, 0.1) is 5.92 Å². The SMILES string of the molecule is CC[C@H](CO)[C@@H](O)[C@@H](O)Nc1nc(N)nc(OC)c1/C=C/c1cccc(OC)c1. The molecule has 9 heteroatoms. The van der Waals surface area contributed by atoms with Gasteiger partial charge in [-0.3, -0.25) is 0 Å². The summed E-state index contributed by atoms with van der Waals surface area (Å²) in [4.78, 5) is 8.19. The Balaban J connectivity index is 2.37. The molecule has 0 aliphatic rings. The van der Waals surface area contributed by atoms with Crippen LogP contribution in [0.1, 0.15) is 24.5 Å². The number of hydrogen-bond acceptors (Lipinski definition) is 9. The Bertz CT molecular complexity index is 827. The van der Waals surface area contributed by atoms with Crippen molar-refractivity contribution < 1.29 is 24.8 Å². The van der Waals surface area contributed by atoms with Gasteiger partial charge in [-0.1, -0.05) is 25.1 Å². The third-order valence-electron chi connectivity index (χ3n) is 4.51. The molecule has 0 spiro atoms. The van der Waals surface area contributed by atoms with Crippen molar-refractivity contribution >= 4 is 23.9 Å². The van der Waals surface area contributed by atoms with Crippen LogP contribution >= 0.6 is 0 Å². The summed E-state index contributed by atoms with van der Waals surface area (Å²) in [5, 5.41) is 32.8. The van der Waals surface area contributed by atoms with Crippen LogP contribution in [-0.4, -0.2) is 58.4 Å². The van der Waals surface area contributed by atoms with E-state index in [2.05, 4.69) is 15.3 Å². The Morgan fingerprint density at radius 3 is 2.55 bits per heavy atom. The molecule has 0 saturated carbocycles. The third kappa shape index (κ3) is 5.80. The minimum Gasteiger partial charge on any atom is -0.497 e. The number of hydrogen-bond donors (Lipinski definition) is 5. The highest BCUT2D eigenvalue weighted by Crippen LogP contribution is 2.28. The molecule has 1 heterocycles. The topological polar surface area (TPSA) is 143 Å². The molecule has 0 fully saturated rings. The third-order valence-corrected chi connectivity index (χ3v) is 4.51. The Morgan fingerprint density at radius 2 is 1.93 bits per heavy atom. The molecule has 29 heavy (non-hydrogen) atoms. The second-order valence-corrected chi connectivity index (χ2v) is 6.39. The highest BCUT2D eigenvalue weighted by atomic mass is 16.5. The second kappa shape index (κ2) is 10.6. The summed E-state index contributed by atoms with van der Waals surface area (Å²) in [6.07, 6.45) is 1.42. The van der Waals surface area contributed by atoms with Gasteiger partial charge >= 0.3 is 0 Å². The van der Waals surface area contributed by atoms with Gasteiger partial charge in [0.1, 0.15) is 17.7 Å². The van der Waals surface area contributed by atoms with Gasteiger partial charge in [-0.2, -0.15) is 9.97 Å².